The summed E-state index contributed by atoms with van der Waals surface area (Å²) in [6, 6.07) is 2.97. The van der Waals surface area contributed by atoms with Crippen molar-refractivity contribution in [2.24, 2.45) is 11.1 Å². The van der Waals surface area contributed by atoms with Crippen LogP contribution in [-0.4, -0.2) is 28.5 Å². The number of aliphatic hydroxyl groups excluding tert-OH is 1. The van der Waals surface area contributed by atoms with E-state index >= 15 is 0 Å². The van der Waals surface area contributed by atoms with Gasteiger partial charge in [-0.05, 0) is 18.4 Å². The second kappa shape index (κ2) is 8.26. The first kappa shape index (κ1) is 24.2. The van der Waals surface area contributed by atoms with Gasteiger partial charge in [-0.15, -0.1) is 0 Å². The van der Waals surface area contributed by atoms with E-state index in [2.05, 4.69) is 0 Å². The molecule has 0 amide bonds. The summed E-state index contributed by atoms with van der Waals surface area (Å²) in [6.45, 7) is 5.93. The number of carboxylic acid groups (broad SMARTS) is 1. The van der Waals surface area contributed by atoms with E-state index in [0.717, 1.165) is 6.07 Å². The molecule has 0 bridgehead atoms. The number of halogens is 6. The highest BCUT2D eigenvalue weighted by Gasteiger charge is 2.48. The predicted octanol–water partition coefficient (Wildman–Crippen LogP) is 3.98. The summed E-state index contributed by atoms with van der Waals surface area (Å²) >= 11 is 0. The lowest BCUT2D eigenvalue weighted by Crippen LogP contribution is -2.41. The molecule has 4 N–H and O–H groups in total. The van der Waals surface area contributed by atoms with Gasteiger partial charge in [-0.1, -0.05) is 32.9 Å². The molecule has 0 aliphatic carbocycles. The standard InChI is InChI=1S/C14H20F3NO.C2HF3O2/c1-8(18)9-6-5-7-10(11(9)15)14(16,17)12(19)13(2,3)4;3-2(4,5)1(6)7/h5-8,12,19H,18H2,1-4H3;(H,6,7). The van der Waals surface area contributed by atoms with Crippen LogP contribution < -0.4 is 5.73 Å². The van der Waals surface area contributed by atoms with Crippen molar-refractivity contribution in [3.8, 4) is 0 Å². The number of alkyl halides is 5. The molecule has 0 aliphatic heterocycles. The molecule has 0 radical (unpaired) electrons. The van der Waals surface area contributed by atoms with Crippen molar-refractivity contribution in [2.45, 2.75) is 51.9 Å². The second-order valence-electron chi connectivity index (χ2n) is 6.69. The highest BCUT2D eigenvalue weighted by atomic mass is 19.4. The lowest BCUT2D eigenvalue weighted by atomic mass is 9.82. The van der Waals surface area contributed by atoms with Crippen molar-refractivity contribution in [3.05, 3.63) is 35.1 Å². The van der Waals surface area contributed by atoms with E-state index in [1.807, 2.05) is 0 Å². The zero-order valence-corrected chi connectivity index (χ0v) is 14.5. The summed E-state index contributed by atoms with van der Waals surface area (Å²) in [6.07, 6.45) is -7.07. The molecule has 1 aromatic carbocycles. The van der Waals surface area contributed by atoms with Gasteiger partial charge in [0.25, 0.3) is 0 Å². The van der Waals surface area contributed by atoms with Crippen molar-refractivity contribution < 1.29 is 41.4 Å². The van der Waals surface area contributed by atoms with Gasteiger partial charge in [-0.2, -0.15) is 22.0 Å². The van der Waals surface area contributed by atoms with Crippen molar-refractivity contribution in [3.63, 3.8) is 0 Å². The van der Waals surface area contributed by atoms with E-state index in [4.69, 9.17) is 15.6 Å². The Morgan fingerprint density at radius 2 is 1.54 bits per heavy atom. The molecule has 0 aromatic heterocycles. The SMILES string of the molecule is CC(N)c1cccc(C(F)(F)C(O)C(C)(C)C)c1F.O=C(O)C(F)(F)F. The summed E-state index contributed by atoms with van der Waals surface area (Å²) in [4.78, 5) is 8.90. The van der Waals surface area contributed by atoms with Crippen LogP contribution in [-0.2, 0) is 10.7 Å². The molecule has 2 unspecified atom stereocenters. The summed E-state index contributed by atoms with van der Waals surface area (Å²) in [5.41, 5.74) is 3.67. The van der Waals surface area contributed by atoms with Crippen molar-refractivity contribution in [1.29, 1.82) is 0 Å². The number of hydrogen-bond acceptors (Lipinski definition) is 3. The Morgan fingerprint density at radius 3 is 1.85 bits per heavy atom. The Labute approximate surface area is 146 Å². The first-order valence-electron chi connectivity index (χ1n) is 7.34. The van der Waals surface area contributed by atoms with E-state index in [1.165, 1.54) is 39.8 Å². The van der Waals surface area contributed by atoms with Gasteiger partial charge in [0.15, 0.2) is 0 Å². The molecule has 1 aromatic rings. The smallest absolute Gasteiger partial charge is 0.475 e. The maximum absolute atomic E-state index is 14.2. The Morgan fingerprint density at radius 1 is 1.12 bits per heavy atom. The van der Waals surface area contributed by atoms with Gasteiger partial charge in [0.05, 0.1) is 5.56 Å². The van der Waals surface area contributed by atoms with Gasteiger partial charge in [-0.25, -0.2) is 9.18 Å². The number of carboxylic acids is 1. The van der Waals surface area contributed by atoms with Crippen LogP contribution in [0, 0.1) is 11.2 Å². The lowest BCUT2D eigenvalue weighted by Gasteiger charge is -2.33. The van der Waals surface area contributed by atoms with Gasteiger partial charge >= 0.3 is 18.1 Å². The monoisotopic (exact) mass is 389 g/mol. The third-order valence-electron chi connectivity index (χ3n) is 3.28. The number of aliphatic carboxylic acids is 1. The van der Waals surface area contributed by atoms with Gasteiger partial charge in [0.2, 0.25) is 0 Å². The average Bonchev–Trinajstić information content (AvgIpc) is 2.44. The summed E-state index contributed by atoms with van der Waals surface area (Å²) in [5.74, 6) is -7.48. The molecule has 0 aliphatic rings. The lowest BCUT2D eigenvalue weighted by molar-refractivity contribution is -0.192. The molecule has 0 spiro atoms. The summed E-state index contributed by atoms with van der Waals surface area (Å²) in [7, 11) is 0. The minimum Gasteiger partial charge on any atom is -0.475 e. The van der Waals surface area contributed by atoms with Crippen LogP contribution >= 0.6 is 0 Å². The molecule has 10 heteroatoms. The Kier molecular flexibility index (Phi) is 7.68. The van der Waals surface area contributed by atoms with Crippen molar-refractivity contribution in [2.75, 3.05) is 0 Å². The van der Waals surface area contributed by atoms with Crippen LogP contribution in [0.25, 0.3) is 0 Å². The van der Waals surface area contributed by atoms with Gasteiger partial charge in [0, 0.05) is 11.6 Å². The molecule has 0 heterocycles. The topological polar surface area (TPSA) is 83.5 Å². The number of aliphatic hydroxyl groups is 1. The van der Waals surface area contributed by atoms with Crippen LogP contribution in [0.15, 0.2) is 18.2 Å². The fraction of sp³-hybridized carbons (Fsp3) is 0.562. The average molecular weight is 389 g/mol. The largest absolute Gasteiger partial charge is 0.490 e. The summed E-state index contributed by atoms with van der Waals surface area (Å²) < 4.78 is 74.3. The molecule has 1 rings (SSSR count). The Balaban J connectivity index is 0.000000758. The van der Waals surface area contributed by atoms with E-state index in [1.54, 1.807) is 0 Å². The number of carbonyl (C=O) groups is 1. The zero-order valence-electron chi connectivity index (χ0n) is 14.5. The van der Waals surface area contributed by atoms with Crippen LogP contribution in [0.5, 0.6) is 0 Å². The Bertz CT molecular complexity index is 623. The van der Waals surface area contributed by atoms with E-state index < -0.39 is 47.0 Å². The highest BCUT2D eigenvalue weighted by molar-refractivity contribution is 5.73. The third-order valence-corrected chi connectivity index (χ3v) is 3.28. The fourth-order valence-corrected chi connectivity index (χ4v) is 1.85. The van der Waals surface area contributed by atoms with Crippen molar-refractivity contribution in [1.82, 2.24) is 0 Å². The van der Waals surface area contributed by atoms with Crippen molar-refractivity contribution >= 4 is 5.97 Å². The molecular formula is C16H21F6NO3. The number of hydrogen-bond donors (Lipinski definition) is 3. The van der Waals surface area contributed by atoms with E-state index in [0.29, 0.717) is 0 Å². The molecule has 26 heavy (non-hydrogen) atoms. The fourth-order valence-electron chi connectivity index (χ4n) is 1.85. The van der Waals surface area contributed by atoms with Crippen LogP contribution in [0.4, 0.5) is 26.3 Å². The summed E-state index contributed by atoms with van der Waals surface area (Å²) in [5, 5.41) is 16.9. The van der Waals surface area contributed by atoms with E-state index in [9.17, 15) is 31.4 Å². The third kappa shape index (κ3) is 6.17. The predicted molar refractivity (Wildman–Crippen MR) is 82.0 cm³/mol. The van der Waals surface area contributed by atoms with Crippen LogP contribution in [0.1, 0.15) is 44.9 Å². The first-order chi connectivity index (χ1) is 11.4. The normalized spacial score (nSPS) is 14.9. The second-order valence-corrected chi connectivity index (χ2v) is 6.69. The van der Waals surface area contributed by atoms with E-state index in [-0.39, 0.29) is 5.56 Å². The van der Waals surface area contributed by atoms with Gasteiger partial charge in [0.1, 0.15) is 11.9 Å². The minimum atomic E-state index is -5.08. The maximum Gasteiger partial charge on any atom is 0.490 e. The maximum atomic E-state index is 14.2. The highest BCUT2D eigenvalue weighted by Crippen LogP contribution is 2.41. The number of benzene rings is 1. The Hall–Kier alpha value is -1.81. The van der Waals surface area contributed by atoms with Gasteiger partial charge in [-0.3, -0.25) is 0 Å². The molecule has 2 atom stereocenters. The molecular weight excluding hydrogens is 368 g/mol. The van der Waals surface area contributed by atoms with Crippen LogP contribution in [0.3, 0.4) is 0 Å². The molecule has 150 valence electrons. The van der Waals surface area contributed by atoms with Gasteiger partial charge < -0.3 is 15.9 Å². The quantitative estimate of drug-likeness (QED) is 0.683. The van der Waals surface area contributed by atoms with Crippen LogP contribution in [0.2, 0.25) is 0 Å². The number of rotatable bonds is 3. The molecule has 0 fully saturated rings. The zero-order chi connectivity index (χ0) is 21.1. The first-order valence-corrected chi connectivity index (χ1v) is 7.34. The molecule has 4 nitrogen and oxygen atoms in total. The molecule has 0 saturated heterocycles. The number of nitrogens with two attached hydrogens (primary N) is 1. The minimum absolute atomic E-state index is 0.0123. The molecule has 0 saturated carbocycles.